The molecular weight excluding hydrogens is 290 g/mol. The Morgan fingerprint density at radius 2 is 1.87 bits per heavy atom. The average Bonchev–Trinajstić information content (AvgIpc) is 2.60. The summed E-state index contributed by atoms with van der Waals surface area (Å²) in [4.78, 5) is 12.4. The molecule has 1 amide bonds. The summed E-state index contributed by atoms with van der Waals surface area (Å²) in [6.07, 6.45) is 0. The molecule has 0 aromatic heterocycles. The summed E-state index contributed by atoms with van der Waals surface area (Å²) in [5.41, 5.74) is 2.45. The largest absolute Gasteiger partial charge is 0.496 e. The lowest BCUT2D eigenvalue weighted by Gasteiger charge is -2.19. The number of rotatable bonds is 6. The fraction of sp³-hybridized carbons (Fsp3) is 0.316. The molecule has 2 rings (SSSR count). The topological polar surface area (TPSA) is 58.6 Å². The minimum atomic E-state index is -0.155. The molecule has 23 heavy (non-hydrogen) atoms. The van der Waals surface area contributed by atoms with Gasteiger partial charge in [-0.25, -0.2) is 0 Å². The Morgan fingerprint density at radius 1 is 1.17 bits per heavy atom. The van der Waals surface area contributed by atoms with E-state index in [0.29, 0.717) is 5.56 Å². The van der Waals surface area contributed by atoms with E-state index in [1.165, 1.54) is 0 Å². The highest BCUT2D eigenvalue weighted by atomic mass is 16.5. The number of aliphatic hydroxyl groups excluding tert-OH is 1. The molecule has 4 nitrogen and oxygen atoms in total. The first-order chi connectivity index (χ1) is 11.1. The second kappa shape index (κ2) is 7.79. The fourth-order valence-corrected chi connectivity index (χ4v) is 2.28. The molecule has 0 spiro atoms. The summed E-state index contributed by atoms with van der Waals surface area (Å²) in [6, 6.07) is 15.1. The van der Waals surface area contributed by atoms with Crippen molar-refractivity contribution in [3.05, 3.63) is 54.1 Å². The van der Waals surface area contributed by atoms with Crippen LogP contribution < -0.4 is 10.1 Å². The molecule has 2 unspecified atom stereocenters. The number of ether oxygens (including phenoxy) is 1. The first kappa shape index (κ1) is 17.0. The molecule has 0 saturated heterocycles. The zero-order valence-electron chi connectivity index (χ0n) is 13.7. The molecular formula is C19H23NO3. The van der Waals surface area contributed by atoms with Gasteiger partial charge >= 0.3 is 0 Å². The van der Waals surface area contributed by atoms with E-state index in [4.69, 9.17) is 4.74 Å². The summed E-state index contributed by atoms with van der Waals surface area (Å²) < 4.78 is 5.41. The summed E-state index contributed by atoms with van der Waals surface area (Å²) in [7, 11) is 1.62. The van der Waals surface area contributed by atoms with Crippen molar-refractivity contribution in [2.24, 2.45) is 5.92 Å². The molecule has 0 aliphatic carbocycles. The Morgan fingerprint density at radius 3 is 2.48 bits per heavy atom. The molecule has 0 fully saturated rings. The van der Waals surface area contributed by atoms with Crippen molar-refractivity contribution in [3.63, 3.8) is 0 Å². The van der Waals surface area contributed by atoms with Gasteiger partial charge in [0.2, 0.25) is 0 Å². The van der Waals surface area contributed by atoms with E-state index >= 15 is 0 Å². The van der Waals surface area contributed by atoms with Crippen molar-refractivity contribution in [2.45, 2.75) is 19.9 Å². The Kier molecular flexibility index (Phi) is 5.77. The van der Waals surface area contributed by atoms with Crippen LogP contribution in [-0.2, 0) is 0 Å². The van der Waals surface area contributed by atoms with E-state index in [-0.39, 0.29) is 24.5 Å². The fourth-order valence-electron chi connectivity index (χ4n) is 2.28. The first-order valence-electron chi connectivity index (χ1n) is 7.72. The number of methoxy groups -OCH3 is 1. The number of amides is 1. The Hall–Kier alpha value is -2.33. The lowest BCUT2D eigenvalue weighted by Crippen LogP contribution is -2.38. The Balaban J connectivity index is 2.29. The average molecular weight is 313 g/mol. The predicted molar refractivity (Wildman–Crippen MR) is 91.6 cm³/mol. The molecule has 0 radical (unpaired) electrons. The molecule has 2 aromatic carbocycles. The van der Waals surface area contributed by atoms with Gasteiger partial charge in [0.1, 0.15) is 5.75 Å². The molecule has 0 saturated carbocycles. The second-order valence-corrected chi connectivity index (χ2v) is 5.70. The molecule has 0 aliphatic heterocycles. The van der Waals surface area contributed by atoms with Crippen molar-refractivity contribution in [2.75, 3.05) is 13.7 Å². The van der Waals surface area contributed by atoms with Gasteiger partial charge in [0.25, 0.3) is 5.91 Å². The summed E-state index contributed by atoms with van der Waals surface area (Å²) in [6.45, 7) is 3.83. The van der Waals surface area contributed by atoms with Gasteiger partial charge in [0.05, 0.1) is 7.11 Å². The minimum Gasteiger partial charge on any atom is -0.496 e. The maximum Gasteiger partial charge on any atom is 0.251 e. The van der Waals surface area contributed by atoms with Crippen LogP contribution in [0.3, 0.4) is 0 Å². The van der Waals surface area contributed by atoms with Crippen molar-refractivity contribution >= 4 is 5.91 Å². The van der Waals surface area contributed by atoms with Crippen LogP contribution in [0.4, 0.5) is 0 Å². The third kappa shape index (κ3) is 4.11. The lowest BCUT2D eigenvalue weighted by atomic mass is 10.0. The number of carbonyl (C=O) groups excluding carboxylic acids is 1. The highest BCUT2D eigenvalue weighted by molar-refractivity contribution is 5.96. The van der Waals surface area contributed by atoms with E-state index in [2.05, 4.69) is 5.32 Å². The van der Waals surface area contributed by atoms with Crippen LogP contribution >= 0.6 is 0 Å². The van der Waals surface area contributed by atoms with E-state index < -0.39 is 0 Å². The number of benzene rings is 2. The molecule has 2 N–H and O–H groups in total. The van der Waals surface area contributed by atoms with Crippen LogP contribution in [0.15, 0.2) is 48.5 Å². The maximum atomic E-state index is 12.4. The van der Waals surface area contributed by atoms with Crippen LogP contribution in [0, 0.1) is 5.92 Å². The van der Waals surface area contributed by atoms with Crippen molar-refractivity contribution in [1.82, 2.24) is 5.32 Å². The van der Waals surface area contributed by atoms with Gasteiger partial charge < -0.3 is 15.2 Å². The molecule has 2 aromatic rings. The zero-order valence-corrected chi connectivity index (χ0v) is 13.7. The van der Waals surface area contributed by atoms with Gasteiger partial charge in [-0.2, -0.15) is 0 Å². The van der Waals surface area contributed by atoms with Crippen LogP contribution in [0.25, 0.3) is 11.1 Å². The number of aliphatic hydroxyl groups is 1. The summed E-state index contributed by atoms with van der Waals surface area (Å²) in [5, 5.41) is 12.1. The van der Waals surface area contributed by atoms with Gasteiger partial charge in [0.15, 0.2) is 0 Å². The Labute approximate surface area is 137 Å². The highest BCUT2D eigenvalue weighted by Crippen LogP contribution is 2.30. The van der Waals surface area contributed by atoms with Crippen molar-refractivity contribution in [3.8, 4) is 16.9 Å². The third-order valence-electron chi connectivity index (χ3n) is 4.05. The predicted octanol–water partition coefficient (Wildman–Crippen LogP) is 3.11. The normalized spacial score (nSPS) is 13.2. The molecule has 0 bridgehead atoms. The maximum absolute atomic E-state index is 12.4. The van der Waals surface area contributed by atoms with E-state index in [1.54, 1.807) is 19.2 Å². The van der Waals surface area contributed by atoms with Gasteiger partial charge in [0, 0.05) is 23.8 Å². The third-order valence-corrected chi connectivity index (χ3v) is 4.05. The van der Waals surface area contributed by atoms with Gasteiger partial charge in [-0.05, 0) is 36.6 Å². The quantitative estimate of drug-likeness (QED) is 0.861. The number of hydrogen-bond donors (Lipinski definition) is 2. The number of hydrogen-bond acceptors (Lipinski definition) is 3. The molecule has 4 heteroatoms. The van der Waals surface area contributed by atoms with E-state index in [1.807, 2.05) is 50.2 Å². The Bertz CT molecular complexity index is 655. The first-order valence-corrected chi connectivity index (χ1v) is 7.72. The van der Waals surface area contributed by atoms with Crippen LogP contribution in [0.5, 0.6) is 5.75 Å². The number of nitrogens with one attached hydrogen (secondary N) is 1. The standard InChI is InChI=1S/C19H23NO3/c1-13(12-21)14(2)20-19(22)16-9-10-18(23-3)17(11-16)15-7-5-4-6-8-15/h4-11,13-14,21H,12H2,1-3H3,(H,20,22). The monoisotopic (exact) mass is 313 g/mol. The van der Waals surface area contributed by atoms with Crippen molar-refractivity contribution in [1.29, 1.82) is 0 Å². The van der Waals surface area contributed by atoms with Gasteiger partial charge in [-0.15, -0.1) is 0 Å². The van der Waals surface area contributed by atoms with Crippen LogP contribution in [0.1, 0.15) is 24.2 Å². The van der Waals surface area contributed by atoms with Crippen LogP contribution in [-0.4, -0.2) is 30.8 Å². The summed E-state index contributed by atoms with van der Waals surface area (Å²) in [5.74, 6) is 0.577. The minimum absolute atomic E-state index is 0.00536. The zero-order chi connectivity index (χ0) is 16.8. The molecule has 122 valence electrons. The van der Waals surface area contributed by atoms with Crippen LogP contribution in [0.2, 0.25) is 0 Å². The number of carbonyl (C=O) groups is 1. The smallest absolute Gasteiger partial charge is 0.251 e. The van der Waals surface area contributed by atoms with E-state index in [0.717, 1.165) is 16.9 Å². The SMILES string of the molecule is COc1ccc(C(=O)NC(C)C(C)CO)cc1-c1ccccc1. The molecule has 0 aliphatic rings. The summed E-state index contributed by atoms with van der Waals surface area (Å²) >= 11 is 0. The molecule has 0 heterocycles. The van der Waals surface area contributed by atoms with Crippen molar-refractivity contribution < 1.29 is 14.6 Å². The highest BCUT2D eigenvalue weighted by Gasteiger charge is 2.16. The molecule has 2 atom stereocenters. The second-order valence-electron chi connectivity index (χ2n) is 5.70. The van der Waals surface area contributed by atoms with Gasteiger partial charge in [-0.3, -0.25) is 4.79 Å². The lowest BCUT2D eigenvalue weighted by molar-refractivity contribution is 0.0916. The van der Waals surface area contributed by atoms with E-state index in [9.17, 15) is 9.90 Å². The van der Waals surface area contributed by atoms with Gasteiger partial charge in [-0.1, -0.05) is 37.3 Å².